The van der Waals surface area contributed by atoms with Gasteiger partial charge in [0.15, 0.2) is 0 Å². The van der Waals surface area contributed by atoms with Crippen LogP contribution in [0.3, 0.4) is 0 Å². The van der Waals surface area contributed by atoms with Gasteiger partial charge in [0.2, 0.25) is 10.0 Å². The first kappa shape index (κ1) is 17.4. The number of hydrogen-bond donors (Lipinski definition) is 3. The standard InChI is InChI=1S/C14H16FNO6S/c1-8-3-2-6-14(8,13(19)20)16-23(21,22)9-4-5-10(12(17)18)11(15)7-9/h4-5,7-8,16H,2-3,6H2,1H3,(H,17,18)(H,19,20). The second kappa shape index (κ2) is 5.89. The Balaban J connectivity index is 2.41. The number of carbonyl (C=O) groups is 2. The molecule has 2 unspecified atom stereocenters. The van der Waals surface area contributed by atoms with Crippen LogP contribution in [-0.4, -0.2) is 36.1 Å². The van der Waals surface area contributed by atoms with Crippen molar-refractivity contribution in [3.63, 3.8) is 0 Å². The topological polar surface area (TPSA) is 121 Å². The van der Waals surface area contributed by atoms with E-state index in [0.717, 1.165) is 12.1 Å². The third kappa shape index (κ3) is 3.06. The molecule has 0 spiro atoms. The second-order valence-electron chi connectivity index (χ2n) is 5.62. The number of carboxylic acid groups (broad SMARTS) is 2. The molecule has 1 saturated carbocycles. The van der Waals surface area contributed by atoms with E-state index < -0.39 is 49.7 Å². The highest BCUT2D eigenvalue weighted by atomic mass is 32.2. The Labute approximate surface area is 132 Å². The molecule has 1 aliphatic rings. The van der Waals surface area contributed by atoms with Gasteiger partial charge in [-0.15, -0.1) is 0 Å². The summed E-state index contributed by atoms with van der Waals surface area (Å²) >= 11 is 0. The van der Waals surface area contributed by atoms with Gasteiger partial charge in [0, 0.05) is 0 Å². The first-order valence-electron chi connectivity index (χ1n) is 6.90. The zero-order valence-corrected chi connectivity index (χ0v) is 13.1. The summed E-state index contributed by atoms with van der Waals surface area (Å²) in [7, 11) is -4.31. The molecule has 2 atom stereocenters. The van der Waals surface area contributed by atoms with E-state index in [4.69, 9.17) is 5.11 Å². The minimum absolute atomic E-state index is 0.137. The molecule has 0 radical (unpaired) electrons. The lowest BCUT2D eigenvalue weighted by Gasteiger charge is -2.29. The third-order valence-corrected chi connectivity index (χ3v) is 5.74. The normalized spacial score (nSPS) is 24.5. The van der Waals surface area contributed by atoms with Gasteiger partial charge in [-0.1, -0.05) is 13.3 Å². The number of hydrogen-bond acceptors (Lipinski definition) is 4. The van der Waals surface area contributed by atoms with Gasteiger partial charge < -0.3 is 10.2 Å². The third-order valence-electron chi connectivity index (χ3n) is 4.23. The number of nitrogens with one attached hydrogen (secondary N) is 1. The first-order valence-corrected chi connectivity index (χ1v) is 8.39. The Morgan fingerprint density at radius 1 is 1.35 bits per heavy atom. The van der Waals surface area contributed by atoms with Crippen LogP contribution in [0.1, 0.15) is 36.5 Å². The van der Waals surface area contributed by atoms with Crippen LogP contribution in [0.2, 0.25) is 0 Å². The van der Waals surface area contributed by atoms with Gasteiger partial charge in [0.1, 0.15) is 11.4 Å². The molecule has 0 amide bonds. The van der Waals surface area contributed by atoms with Crippen LogP contribution in [0, 0.1) is 11.7 Å². The summed E-state index contributed by atoms with van der Waals surface area (Å²) in [6, 6.07) is 2.34. The van der Waals surface area contributed by atoms with Crippen LogP contribution in [0.5, 0.6) is 0 Å². The molecule has 1 aromatic rings. The number of aliphatic carboxylic acids is 1. The number of aromatic carboxylic acids is 1. The molecule has 0 aromatic heterocycles. The van der Waals surface area contributed by atoms with Gasteiger partial charge in [-0.25, -0.2) is 17.6 Å². The summed E-state index contributed by atoms with van der Waals surface area (Å²) in [5.74, 6) is -4.43. The summed E-state index contributed by atoms with van der Waals surface area (Å²) in [5, 5.41) is 18.2. The van der Waals surface area contributed by atoms with Crippen LogP contribution in [0.15, 0.2) is 23.1 Å². The lowest BCUT2D eigenvalue weighted by Crippen LogP contribution is -2.56. The second-order valence-corrected chi connectivity index (χ2v) is 7.30. The number of benzene rings is 1. The molecular weight excluding hydrogens is 329 g/mol. The van der Waals surface area contributed by atoms with Gasteiger partial charge in [0.05, 0.1) is 10.5 Å². The van der Waals surface area contributed by atoms with E-state index in [-0.39, 0.29) is 6.42 Å². The molecule has 23 heavy (non-hydrogen) atoms. The van der Waals surface area contributed by atoms with Gasteiger partial charge in [-0.2, -0.15) is 4.72 Å². The molecule has 1 fully saturated rings. The molecule has 1 aromatic carbocycles. The molecule has 1 aliphatic carbocycles. The van der Waals surface area contributed by atoms with Crippen molar-refractivity contribution in [2.45, 2.75) is 36.6 Å². The molecule has 0 bridgehead atoms. The van der Waals surface area contributed by atoms with Gasteiger partial charge >= 0.3 is 11.9 Å². The van der Waals surface area contributed by atoms with Crippen LogP contribution in [0.4, 0.5) is 4.39 Å². The Morgan fingerprint density at radius 3 is 2.43 bits per heavy atom. The highest BCUT2D eigenvalue weighted by Crippen LogP contribution is 2.37. The Morgan fingerprint density at radius 2 is 2.00 bits per heavy atom. The maximum Gasteiger partial charge on any atom is 0.338 e. The summed E-state index contributed by atoms with van der Waals surface area (Å²) in [6.45, 7) is 1.64. The quantitative estimate of drug-likeness (QED) is 0.743. The fourth-order valence-electron chi connectivity index (χ4n) is 2.83. The molecule has 9 heteroatoms. The summed E-state index contributed by atoms with van der Waals surface area (Å²) < 4.78 is 40.6. The Kier molecular flexibility index (Phi) is 4.45. The monoisotopic (exact) mass is 345 g/mol. The number of rotatable bonds is 5. The number of carboxylic acids is 2. The zero-order valence-electron chi connectivity index (χ0n) is 12.2. The van der Waals surface area contributed by atoms with Crippen LogP contribution < -0.4 is 4.72 Å². The number of halogens is 1. The smallest absolute Gasteiger partial charge is 0.338 e. The molecular formula is C14H16FNO6S. The maximum absolute atomic E-state index is 13.7. The van der Waals surface area contributed by atoms with Crippen LogP contribution in [-0.2, 0) is 14.8 Å². The SMILES string of the molecule is CC1CCCC1(NS(=O)(=O)c1ccc(C(=O)O)c(F)c1)C(=O)O. The number of sulfonamides is 1. The van der Waals surface area contributed by atoms with Crippen molar-refractivity contribution in [1.82, 2.24) is 4.72 Å². The van der Waals surface area contributed by atoms with Crippen molar-refractivity contribution in [2.24, 2.45) is 5.92 Å². The van der Waals surface area contributed by atoms with Gasteiger partial charge in [-0.05, 0) is 37.0 Å². The summed E-state index contributed by atoms with van der Waals surface area (Å²) in [6.07, 6.45) is 1.25. The van der Waals surface area contributed by atoms with Crippen LogP contribution >= 0.6 is 0 Å². The lowest BCUT2D eigenvalue weighted by molar-refractivity contribution is -0.145. The van der Waals surface area contributed by atoms with Crippen molar-refractivity contribution in [2.75, 3.05) is 0 Å². The van der Waals surface area contributed by atoms with Crippen LogP contribution in [0.25, 0.3) is 0 Å². The molecule has 0 saturated heterocycles. The van der Waals surface area contributed by atoms with Crippen molar-refractivity contribution >= 4 is 22.0 Å². The molecule has 126 valence electrons. The van der Waals surface area contributed by atoms with E-state index in [1.165, 1.54) is 0 Å². The largest absolute Gasteiger partial charge is 0.480 e. The van der Waals surface area contributed by atoms with E-state index in [9.17, 15) is 27.5 Å². The van der Waals surface area contributed by atoms with Gasteiger partial charge in [0.25, 0.3) is 0 Å². The predicted octanol–water partition coefficient (Wildman–Crippen LogP) is 1.45. The summed E-state index contributed by atoms with van der Waals surface area (Å²) in [4.78, 5) is 21.8. The molecule has 7 nitrogen and oxygen atoms in total. The van der Waals surface area contributed by atoms with E-state index in [1.807, 2.05) is 0 Å². The van der Waals surface area contributed by atoms with E-state index in [2.05, 4.69) is 4.72 Å². The van der Waals surface area contributed by atoms with Gasteiger partial charge in [-0.3, -0.25) is 4.79 Å². The van der Waals surface area contributed by atoms with E-state index in [1.54, 1.807) is 6.92 Å². The van der Waals surface area contributed by atoms with Crippen molar-refractivity contribution in [3.8, 4) is 0 Å². The molecule has 0 aliphatic heterocycles. The molecule has 0 heterocycles. The first-order chi connectivity index (χ1) is 10.6. The average Bonchev–Trinajstić information content (AvgIpc) is 2.80. The maximum atomic E-state index is 13.7. The van der Waals surface area contributed by atoms with Crippen molar-refractivity contribution < 1.29 is 32.6 Å². The minimum atomic E-state index is -4.31. The lowest BCUT2D eigenvalue weighted by atomic mass is 9.90. The zero-order chi connectivity index (χ0) is 17.4. The van der Waals surface area contributed by atoms with E-state index in [0.29, 0.717) is 18.9 Å². The highest BCUT2D eigenvalue weighted by Gasteiger charge is 2.49. The fourth-order valence-corrected chi connectivity index (χ4v) is 4.32. The van der Waals surface area contributed by atoms with Crippen molar-refractivity contribution in [3.05, 3.63) is 29.6 Å². The Hall–Kier alpha value is -2.00. The van der Waals surface area contributed by atoms with Crippen molar-refractivity contribution in [1.29, 1.82) is 0 Å². The minimum Gasteiger partial charge on any atom is -0.480 e. The Bertz CT molecular complexity index is 763. The molecule has 3 N–H and O–H groups in total. The molecule has 2 rings (SSSR count). The summed E-state index contributed by atoms with van der Waals surface area (Å²) in [5.41, 5.74) is -2.30. The fraction of sp³-hybridized carbons (Fsp3) is 0.429. The highest BCUT2D eigenvalue weighted by molar-refractivity contribution is 7.89. The predicted molar refractivity (Wildman–Crippen MR) is 77.1 cm³/mol. The van der Waals surface area contributed by atoms with E-state index >= 15 is 0 Å². The average molecular weight is 345 g/mol.